The SMILES string of the molecule is CCCCC(C)C(CCc1ncn(Cc2ccc(-c3ccccc3-c3nnn[nH]3)cc2)n1)C(=O)O. The minimum Gasteiger partial charge on any atom is -0.481 e. The molecule has 2 N–H and O–H groups in total. The van der Waals surface area contributed by atoms with E-state index in [1.165, 1.54) is 0 Å². The topological polar surface area (TPSA) is 122 Å². The van der Waals surface area contributed by atoms with Crippen LogP contribution < -0.4 is 0 Å². The minimum atomic E-state index is -0.728. The van der Waals surface area contributed by atoms with E-state index >= 15 is 0 Å². The van der Waals surface area contributed by atoms with Crippen molar-refractivity contribution in [2.45, 2.75) is 52.5 Å². The highest BCUT2D eigenvalue weighted by molar-refractivity contribution is 5.80. The molecule has 2 aromatic heterocycles. The van der Waals surface area contributed by atoms with Crippen molar-refractivity contribution in [2.24, 2.45) is 11.8 Å². The third kappa shape index (κ3) is 6.17. The Morgan fingerprint density at radius 1 is 1.09 bits per heavy atom. The molecule has 4 aromatic rings. The van der Waals surface area contributed by atoms with E-state index in [2.05, 4.69) is 61.9 Å². The molecule has 0 aliphatic rings. The lowest BCUT2D eigenvalue weighted by Crippen LogP contribution is -2.22. The molecule has 2 unspecified atom stereocenters. The zero-order chi connectivity index (χ0) is 24.6. The number of tetrazole rings is 1. The maximum absolute atomic E-state index is 11.7. The Labute approximate surface area is 204 Å². The minimum absolute atomic E-state index is 0.151. The zero-order valence-corrected chi connectivity index (χ0v) is 20.1. The van der Waals surface area contributed by atoms with Gasteiger partial charge in [0.2, 0.25) is 0 Å². The number of carboxylic acid groups (broad SMARTS) is 1. The van der Waals surface area contributed by atoms with Crippen molar-refractivity contribution in [3.63, 3.8) is 0 Å². The van der Waals surface area contributed by atoms with E-state index < -0.39 is 5.97 Å². The molecule has 0 aliphatic heterocycles. The van der Waals surface area contributed by atoms with E-state index in [1.54, 1.807) is 11.0 Å². The smallest absolute Gasteiger partial charge is 0.306 e. The summed E-state index contributed by atoms with van der Waals surface area (Å²) in [5.41, 5.74) is 4.15. The molecular formula is C26H31N7O2. The number of H-pyrrole nitrogens is 1. The number of aromatic nitrogens is 7. The normalized spacial score (nSPS) is 13.0. The van der Waals surface area contributed by atoms with E-state index in [0.717, 1.165) is 41.5 Å². The molecule has 0 radical (unpaired) electrons. The number of nitrogens with zero attached hydrogens (tertiary/aromatic N) is 6. The fraction of sp³-hybridized carbons (Fsp3) is 0.385. The number of carbonyl (C=O) groups is 1. The summed E-state index contributed by atoms with van der Waals surface area (Å²) >= 11 is 0. The molecule has 4 rings (SSSR count). The summed E-state index contributed by atoms with van der Waals surface area (Å²) in [6.45, 7) is 4.75. The standard InChI is InChI=1S/C26H31N7O2/c1-3-4-7-18(2)21(26(34)35)14-15-24-27-17-33(30-24)16-19-10-12-20(13-11-19)22-8-5-6-9-23(22)25-28-31-32-29-25/h5-6,8-13,17-18,21H,3-4,7,14-16H2,1-2H3,(H,34,35)(H,28,29,31,32). The number of hydrogen-bond donors (Lipinski definition) is 2. The average molecular weight is 474 g/mol. The first-order valence-corrected chi connectivity index (χ1v) is 12.1. The summed E-state index contributed by atoms with van der Waals surface area (Å²) in [6.07, 6.45) is 5.90. The first-order chi connectivity index (χ1) is 17.0. The molecule has 182 valence electrons. The van der Waals surface area contributed by atoms with Crippen LogP contribution >= 0.6 is 0 Å². The second-order valence-electron chi connectivity index (χ2n) is 8.95. The first-order valence-electron chi connectivity index (χ1n) is 12.1. The molecule has 0 amide bonds. The molecule has 0 aliphatic carbocycles. The van der Waals surface area contributed by atoms with Gasteiger partial charge in [-0.15, -0.1) is 5.10 Å². The first kappa shape index (κ1) is 24.3. The van der Waals surface area contributed by atoms with Gasteiger partial charge in [-0.05, 0) is 45.9 Å². The number of rotatable bonds is 12. The van der Waals surface area contributed by atoms with Crippen LogP contribution in [0.25, 0.3) is 22.5 Å². The highest BCUT2D eigenvalue weighted by Crippen LogP contribution is 2.30. The van der Waals surface area contributed by atoms with Gasteiger partial charge in [-0.3, -0.25) is 4.79 Å². The van der Waals surface area contributed by atoms with Gasteiger partial charge in [0, 0.05) is 12.0 Å². The molecule has 35 heavy (non-hydrogen) atoms. The monoisotopic (exact) mass is 473 g/mol. The maximum atomic E-state index is 11.7. The third-order valence-electron chi connectivity index (χ3n) is 6.42. The number of aliphatic carboxylic acids is 1. The van der Waals surface area contributed by atoms with Gasteiger partial charge < -0.3 is 5.11 Å². The number of benzene rings is 2. The maximum Gasteiger partial charge on any atom is 0.306 e. The number of aromatic amines is 1. The molecule has 9 nitrogen and oxygen atoms in total. The van der Waals surface area contributed by atoms with E-state index in [1.807, 2.05) is 31.2 Å². The van der Waals surface area contributed by atoms with E-state index in [9.17, 15) is 9.90 Å². The Bertz CT molecular complexity index is 1220. The van der Waals surface area contributed by atoms with Crippen molar-refractivity contribution in [3.05, 3.63) is 66.2 Å². The van der Waals surface area contributed by atoms with Gasteiger partial charge in [-0.1, -0.05) is 75.2 Å². The Morgan fingerprint density at radius 2 is 1.86 bits per heavy atom. The second kappa shape index (κ2) is 11.5. The number of hydrogen-bond acceptors (Lipinski definition) is 6. The Morgan fingerprint density at radius 3 is 2.54 bits per heavy atom. The predicted molar refractivity (Wildman–Crippen MR) is 132 cm³/mol. The number of carboxylic acids is 1. The van der Waals surface area contributed by atoms with Gasteiger partial charge in [-0.25, -0.2) is 14.8 Å². The van der Waals surface area contributed by atoms with Gasteiger partial charge in [-0.2, -0.15) is 5.10 Å². The van der Waals surface area contributed by atoms with Crippen molar-refractivity contribution >= 4 is 5.97 Å². The summed E-state index contributed by atoms with van der Waals surface area (Å²) < 4.78 is 1.80. The van der Waals surface area contributed by atoms with Crippen LogP contribution in [0.3, 0.4) is 0 Å². The quantitative estimate of drug-likeness (QED) is 0.307. The van der Waals surface area contributed by atoms with Crippen LogP contribution in [0, 0.1) is 11.8 Å². The summed E-state index contributed by atoms with van der Waals surface area (Å²) in [5.74, 6) is 0.374. The fourth-order valence-corrected chi connectivity index (χ4v) is 4.38. The number of nitrogens with one attached hydrogen (secondary N) is 1. The van der Waals surface area contributed by atoms with Crippen LogP contribution in [0.15, 0.2) is 54.9 Å². The van der Waals surface area contributed by atoms with Crippen molar-refractivity contribution in [2.75, 3.05) is 0 Å². The molecule has 9 heteroatoms. The van der Waals surface area contributed by atoms with E-state index in [0.29, 0.717) is 31.0 Å². The molecule has 0 fully saturated rings. The molecular weight excluding hydrogens is 442 g/mol. The Kier molecular flexibility index (Phi) is 7.97. The van der Waals surface area contributed by atoms with Crippen molar-refractivity contribution in [1.29, 1.82) is 0 Å². The van der Waals surface area contributed by atoms with Crippen LogP contribution in [-0.4, -0.2) is 46.5 Å². The predicted octanol–water partition coefficient (Wildman–Crippen LogP) is 4.63. The fourth-order valence-electron chi connectivity index (χ4n) is 4.38. The number of aryl methyl sites for hydroxylation is 1. The lowest BCUT2D eigenvalue weighted by molar-refractivity contribution is -0.143. The molecule has 2 aromatic carbocycles. The van der Waals surface area contributed by atoms with E-state index in [4.69, 9.17) is 0 Å². The molecule has 0 saturated carbocycles. The lowest BCUT2D eigenvalue weighted by Gasteiger charge is -2.19. The van der Waals surface area contributed by atoms with Crippen molar-refractivity contribution in [3.8, 4) is 22.5 Å². The third-order valence-corrected chi connectivity index (χ3v) is 6.42. The van der Waals surface area contributed by atoms with Gasteiger partial charge in [0.1, 0.15) is 6.33 Å². The summed E-state index contributed by atoms with van der Waals surface area (Å²) in [7, 11) is 0. The van der Waals surface area contributed by atoms with Gasteiger partial charge >= 0.3 is 5.97 Å². The Balaban J connectivity index is 1.38. The molecule has 2 atom stereocenters. The molecule has 0 saturated heterocycles. The highest BCUT2D eigenvalue weighted by Gasteiger charge is 2.24. The van der Waals surface area contributed by atoms with Gasteiger partial charge in [0.15, 0.2) is 11.6 Å². The lowest BCUT2D eigenvalue weighted by atomic mass is 9.86. The Hall–Kier alpha value is -3.88. The highest BCUT2D eigenvalue weighted by atomic mass is 16.4. The largest absolute Gasteiger partial charge is 0.481 e. The van der Waals surface area contributed by atoms with Crippen LogP contribution in [-0.2, 0) is 17.8 Å². The van der Waals surface area contributed by atoms with E-state index in [-0.39, 0.29) is 11.8 Å². The zero-order valence-electron chi connectivity index (χ0n) is 20.1. The van der Waals surface area contributed by atoms with Crippen molar-refractivity contribution in [1.82, 2.24) is 35.4 Å². The van der Waals surface area contributed by atoms with Crippen LogP contribution in [0.5, 0.6) is 0 Å². The van der Waals surface area contributed by atoms with Gasteiger partial charge in [0.05, 0.1) is 12.5 Å². The van der Waals surface area contributed by atoms with Crippen LogP contribution in [0.1, 0.15) is 50.9 Å². The van der Waals surface area contributed by atoms with Gasteiger partial charge in [0.25, 0.3) is 0 Å². The second-order valence-corrected chi connectivity index (χ2v) is 8.95. The van der Waals surface area contributed by atoms with Crippen LogP contribution in [0.2, 0.25) is 0 Å². The molecule has 2 heterocycles. The number of unbranched alkanes of at least 4 members (excludes halogenated alkanes) is 1. The molecule has 0 bridgehead atoms. The molecule has 0 spiro atoms. The summed E-state index contributed by atoms with van der Waals surface area (Å²) in [4.78, 5) is 16.1. The van der Waals surface area contributed by atoms with Crippen molar-refractivity contribution < 1.29 is 9.90 Å². The summed E-state index contributed by atoms with van der Waals surface area (Å²) in [6, 6.07) is 16.3. The summed E-state index contributed by atoms with van der Waals surface area (Å²) in [5, 5.41) is 28.4. The van der Waals surface area contributed by atoms with Crippen LogP contribution in [0.4, 0.5) is 0 Å². The average Bonchev–Trinajstić information content (AvgIpc) is 3.56.